The molecule has 2 aromatic heterocycles. The number of nitrogens with zero attached hydrogens (tertiary/aromatic N) is 3. The van der Waals surface area contributed by atoms with Gasteiger partial charge < -0.3 is 14.8 Å². The first-order valence-corrected chi connectivity index (χ1v) is 10.3. The molecule has 2 rings (SSSR count). The average molecular weight is 293 g/mol. The van der Waals surface area contributed by atoms with Gasteiger partial charge in [0.25, 0.3) is 0 Å². The van der Waals surface area contributed by atoms with Gasteiger partial charge in [-0.1, -0.05) is 19.6 Å². The van der Waals surface area contributed by atoms with Crippen LogP contribution < -0.4 is 5.46 Å². The summed E-state index contributed by atoms with van der Waals surface area (Å²) in [6.45, 7) is 7.98. The number of rotatable bonds is 6. The fourth-order valence-electron chi connectivity index (χ4n) is 1.75. The van der Waals surface area contributed by atoms with Gasteiger partial charge in [-0.2, -0.15) is 5.10 Å². The minimum Gasteiger partial charge on any atom is -0.423 e. The molecule has 0 fully saturated rings. The van der Waals surface area contributed by atoms with Crippen LogP contribution in [0, 0.1) is 0 Å². The standard InChI is InChI=1S/C12H20BN3O3Si/c1-20(2,3)5-4-19-9-16-12-6-10(13(17)18)7-14-11(12)8-15-16/h6-8,17-18H,4-5,9H2,1-3H3. The van der Waals surface area contributed by atoms with E-state index in [9.17, 15) is 10.0 Å². The van der Waals surface area contributed by atoms with Crippen molar-refractivity contribution in [1.29, 1.82) is 0 Å². The summed E-state index contributed by atoms with van der Waals surface area (Å²) in [6.07, 6.45) is 3.08. The summed E-state index contributed by atoms with van der Waals surface area (Å²) in [5.74, 6) is 0. The minimum atomic E-state index is -1.52. The summed E-state index contributed by atoms with van der Waals surface area (Å²) in [7, 11) is -2.61. The third-order valence-electron chi connectivity index (χ3n) is 3.02. The van der Waals surface area contributed by atoms with E-state index in [1.807, 2.05) is 0 Å². The Morgan fingerprint density at radius 1 is 1.30 bits per heavy atom. The van der Waals surface area contributed by atoms with Gasteiger partial charge in [0.15, 0.2) is 0 Å². The molecule has 0 aliphatic heterocycles. The molecule has 0 unspecified atom stereocenters. The highest BCUT2D eigenvalue weighted by molar-refractivity contribution is 6.76. The summed E-state index contributed by atoms with van der Waals surface area (Å²) in [4.78, 5) is 4.14. The Hall–Kier alpha value is -1.22. The SMILES string of the molecule is C[Si](C)(C)CCOCn1ncc2ncc(B(O)O)cc21. The van der Waals surface area contributed by atoms with Crippen LogP contribution in [0.1, 0.15) is 0 Å². The van der Waals surface area contributed by atoms with Crippen LogP contribution in [-0.4, -0.2) is 46.6 Å². The van der Waals surface area contributed by atoms with Gasteiger partial charge in [-0.25, -0.2) is 4.68 Å². The maximum Gasteiger partial charge on any atom is 0.490 e. The van der Waals surface area contributed by atoms with Crippen LogP contribution in [-0.2, 0) is 11.5 Å². The second-order valence-corrected chi connectivity index (χ2v) is 11.7. The molecule has 0 saturated carbocycles. The molecule has 0 radical (unpaired) electrons. The summed E-state index contributed by atoms with van der Waals surface area (Å²) in [5, 5.41) is 22.6. The molecule has 20 heavy (non-hydrogen) atoms. The summed E-state index contributed by atoms with van der Waals surface area (Å²) < 4.78 is 7.32. The quantitative estimate of drug-likeness (QED) is 0.596. The summed E-state index contributed by atoms with van der Waals surface area (Å²) in [6, 6.07) is 2.77. The molecule has 6 nitrogen and oxygen atoms in total. The second kappa shape index (κ2) is 6.05. The third-order valence-corrected chi connectivity index (χ3v) is 4.73. The van der Waals surface area contributed by atoms with Gasteiger partial charge in [-0.3, -0.25) is 4.98 Å². The number of hydrogen-bond donors (Lipinski definition) is 2. The highest BCUT2D eigenvalue weighted by atomic mass is 28.3. The maximum absolute atomic E-state index is 9.17. The molecular weight excluding hydrogens is 273 g/mol. The largest absolute Gasteiger partial charge is 0.490 e. The van der Waals surface area contributed by atoms with Crippen LogP contribution in [0.5, 0.6) is 0 Å². The first-order chi connectivity index (χ1) is 9.37. The van der Waals surface area contributed by atoms with E-state index >= 15 is 0 Å². The van der Waals surface area contributed by atoms with Gasteiger partial charge in [0.1, 0.15) is 12.2 Å². The Bertz CT molecular complexity index is 583. The van der Waals surface area contributed by atoms with Crippen LogP contribution in [0.2, 0.25) is 25.7 Å². The highest BCUT2D eigenvalue weighted by Crippen LogP contribution is 2.11. The van der Waals surface area contributed by atoms with Crippen LogP contribution in [0.25, 0.3) is 11.0 Å². The minimum absolute atomic E-state index is 0.348. The van der Waals surface area contributed by atoms with Crippen LogP contribution >= 0.6 is 0 Å². The number of ether oxygens (including phenoxy) is 1. The van der Waals surface area contributed by atoms with Gasteiger partial charge in [0.2, 0.25) is 0 Å². The van der Waals surface area contributed by atoms with Gasteiger partial charge in [-0.05, 0) is 12.1 Å². The zero-order chi connectivity index (χ0) is 14.8. The fraction of sp³-hybridized carbons (Fsp3) is 0.500. The van der Waals surface area contributed by atoms with Crippen molar-refractivity contribution in [3.63, 3.8) is 0 Å². The Morgan fingerprint density at radius 2 is 2.05 bits per heavy atom. The van der Waals surface area contributed by atoms with Crippen LogP contribution in [0.4, 0.5) is 0 Å². The van der Waals surface area contributed by atoms with E-state index in [-0.39, 0.29) is 0 Å². The van der Waals surface area contributed by atoms with Crippen molar-refractivity contribution in [2.75, 3.05) is 6.61 Å². The van der Waals surface area contributed by atoms with Crippen molar-refractivity contribution in [2.45, 2.75) is 32.4 Å². The van der Waals surface area contributed by atoms with Gasteiger partial charge in [0, 0.05) is 26.3 Å². The van der Waals surface area contributed by atoms with Crippen molar-refractivity contribution in [3.05, 3.63) is 18.5 Å². The molecule has 2 N–H and O–H groups in total. The van der Waals surface area contributed by atoms with E-state index in [1.165, 1.54) is 6.20 Å². The van der Waals surface area contributed by atoms with Crippen molar-refractivity contribution in [2.24, 2.45) is 0 Å². The van der Waals surface area contributed by atoms with Crippen molar-refractivity contribution in [1.82, 2.24) is 14.8 Å². The molecule has 0 spiro atoms. The first-order valence-electron chi connectivity index (χ1n) is 6.62. The van der Waals surface area contributed by atoms with E-state index < -0.39 is 15.2 Å². The van der Waals surface area contributed by atoms with Crippen LogP contribution in [0.15, 0.2) is 18.5 Å². The molecule has 0 atom stereocenters. The topological polar surface area (TPSA) is 80.4 Å². The molecule has 8 heteroatoms. The van der Waals surface area contributed by atoms with E-state index in [1.54, 1.807) is 16.9 Å². The lowest BCUT2D eigenvalue weighted by molar-refractivity contribution is 0.0817. The predicted octanol–water partition coefficient (Wildman–Crippen LogP) is 0.423. The van der Waals surface area contributed by atoms with Gasteiger partial charge in [-0.15, -0.1) is 0 Å². The Morgan fingerprint density at radius 3 is 2.70 bits per heavy atom. The van der Waals surface area contributed by atoms with E-state index in [0.717, 1.165) is 11.6 Å². The molecule has 0 aromatic carbocycles. The van der Waals surface area contributed by atoms with Gasteiger partial charge in [0.05, 0.1) is 11.7 Å². The molecule has 0 saturated heterocycles. The predicted molar refractivity (Wildman–Crippen MR) is 81.5 cm³/mol. The molecule has 0 aliphatic carbocycles. The van der Waals surface area contributed by atoms with Crippen molar-refractivity contribution in [3.8, 4) is 0 Å². The van der Waals surface area contributed by atoms with Crippen molar-refractivity contribution < 1.29 is 14.8 Å². The second-order valence-electron chi connectivity index (χ2n) is 6.04. The van der Waals surface area contributed by atoms with Crippen LogP contribution in [0.3, 0.4) is 0 Å². The molecule has 0 amide bonds. The van der Waals surface area contributed by atoms with Crippen molar-refractivity contribution >= 4 is 31.7 Å². The molecule has 108 valence electrons. The molecule has 0 bridgehead atoms. The molecule has 2 heterocycles. The summed E-state index contributed by atoms with van der Waals surface area (Å²) >= 11 is 0. The Labute approximate surface area is 119 Å². The molecule has 2 aromatic rings. The smallest absolute Gasteiger partial charge is 0.423 e. The average Bonchev–Trinajstić information content (AvgIpc) is 2.76. The zero-order valence-corrected chi connectivity index (χ0v) is 13.1. The number of hydrogen-bond acceptors (Lipinski definition) is 5. The zero-order valence-electron chi connectivity index (χ0n) is 12.1. The van der Waals surface area contributed by atoms with E-state index in [2.05, 4.69) is 29.7 Å². The highest BCUT2D eigenvalue weighted by Gasteiger charge is 2.15. The Balaban J connectivity index is 2.04. The molecular formula is C12H20BN3O3Si. The number of fused-ring (bicyclic) bond motifs is 1. The van der Waals surface area contributed by atoms with E-state index in [0.29, 0.717) is 24.3 Å². The normalized spacial score (nSPS) is 12.1. The lowest BCUT2D eigenvalue weighted by Gasteiger charge is -2.15. The summed E-state index contributed by atoms with van der Waals surface area (Å²) in [5.41, 5.74) is 1.80. The third kappa shape index (κ3) is 3.89. The maximum atomic E-state index is 9.17. The molecule has 0 aliphatic rings. The fourth-order valence-corrected chi connectivity index (χ4v) is 2.50. The Kier molecular flexibility index (Phi) is 4.59. The number of pyridine rings is 1. The first kappa shape index (κ1) is 15.2. The van der Waals surface area contributed by atoms with E-state index in [4.69, 9.17) is 4.74 Å². The lowest BCUT2D eigenvalue weighted by atomic mass is 9.81. The monoisotopic (exact) mass is 293 g/mol. The van der Waals surface area contributed by atoms with Gasteiger partial charge >= 0.3 is 7.12 Å². The lowest BCUT2D eigenvalue weighted by Crippen LogP contribution is -2.30. The number of aromatic nitrogens is 3.